The summed E-state index contributed by atoms with van der Waals surface area (Å²) in [6.45, 7) is 10.4. The molecule has 2 aliphatic rings. The van der Waals surface area contributed by atoms with Gasteiger partial charge >= 0.3 is 5.97 Å². The highest BCUT2D eigenvalue weighted by atomic mass is 32.2. The number of fused-ring (bicyclic) bond motifs is 1. The van der Waals surface area contributed by atoms with Gasteiger partial charge in [-0.1, -0.05) is 37.4 Å². The fourth-order valence-corrected chi connectivity index (χ4v) is 4.49. The molecule has 1 fully saturated rings. The largest absolute Gasteiger partial charge is 0.490 e. The number of amidine groups is 1. The van der Waals surface area contributed by atoms with Crippen LogP contribution in [0, 0.1) is 0 Å². The molecule has 31 heavy (non-hydrogen) atoms. The second-order valence-electron chi connectivity index (χ2n) is 7.03. The van der Waals surface area contributed by atoms with Crippen LogP contribution in [-0.4, -0.2) is 47.5 Å². The molecule has 1 amide bonds. The Labute approximate surface area is 187 Å². The average molecular weight is 445 g/mol. The lowest BCUT2D eigenvalue weighted by Crippen LogP contribution is -2.45. The smallest absolute Gasteiger partial charge is 0.338 e. The van der Waals surface area contributed by atoms with E-state index in [1.807, 2.05) is 32.0 Å². The van der Waals surface area contributed by atoms with Crippen molar-refractivity contribution in [2.75, 3.05) is 25.6 Å². The zero-order chi connectivity index (χ0) is 22.4. The van der Waals surface area contributed by atoms with Crippen LogP contribution in [0.2, 0.25) is 0 Å². The molecule has 1 saturated heterocycles. The van der Waals surface area contributed by atoms with Crippen LogP contribution in [0.15, 0.2) is 47.1 Å². The zero-order valence-corrected chi connectivity index (χ0v) is 19.0. The number of benzene rings is 1. The van der Waals surface area contributed by atoms with E-state index in [1.54, 1.807) is 11.8 Å². The van der Waals surface area contributed by atoms with E-state index in [1.165, 1.54) is 17.8 Å². The van der Waals surface area contributed by atoms with Gasteiger partial charge in [-0.05, 0) is 38.0 Å². The first-order chi connectivity index (χ1) is 15.0. The van der Waals surface area contributed by atoms with Crippen LogP contribution < -0.4 is 9.47 Å². The summed E-state index contributed by atoms with van der Waals surface area (Å²) >= 11 is 1.51. The SMILES string of the molecule is C=CCOC(=O)C1=C(C)N=C2SCCC(=O)N2[C@@H]1c1ccc(OCCC)c(OCC)c1. The summed E-state index contributed by atoms with van der Waals surface area (Å²) in [4.78, 5) is 32.0. The summed E-state index contributed by atoms with van der Waals surface area (Å²) < 4.78 is 17.0. The number of ether oxygens (including phenoxy) is 3. The number of hydrogen-bond acceptors (Lipinski definition) is 7. The summed E-state index contributed by atoms with van der Waals surface area (Å²) in [6.07, 6.45) is 2.76. The van der Waals surface area contributed by atoms with Crippen molar-refractivity contribution >= 4 is 28.8 Å². The number of esters is 1. The number of aliphatic imine (C=N–C) groups is 1. The monoisotopic (exact) mass is 444 g/mol. The molecule has 0 unspecified atom stereocenters. The maximum absolute atomic E-state index is 13.0. The van der Waals surface area contributed by atoms with Crippen LogP contribution >= 0.6 is 11.8 Å². The molecular weight excluding hydrogens is 416 g/mol. The third-order valence-electron chi connectivity index (χ3n) is 4.80. The maximum Gasteiger partial charge on any atom is 0.338 e. The highest BCUT2D eigenvalue weighted by Gasteiger charge is 2.42. The minimum atomic E-state index is -0.649. The van der Waals surface area contributed by atoms with Crippen molar-refractivity contribution in [3.63, 3.8) is 0 Å². The van der Waals surface area contributed by atoms with Crippen LogP contribution in [0.25, 0.3) is 0 Å². The Morgan fingerprint density at radius 3 is 2.84 bits per heavy atom. The highest BCUT2D eigenvalue weighted by molar-refractivity contribution is 8.14. The molecule has 3 rings (SSSR count). The van der Waals surface area contributed by atoms with E-state index in [2.05, 4.69) is 11.6 Å². The molecule has 2 aliphatic heterocycles. The number of rotatable bonds is 9. The summed E-state index contributed by atoms with van der Waals surface area (Å²) in [6, 6.07) is 4.87. The van der Waals surface area contributed by atoms with Crippen molar-refractivity contribution in [2.24, 2.45) is 4.99 Å². The highest BCUT2D eigenvalue weighted by Crippen LogP contribution is 2.42. The van der Waals surface area contributed by atoms with E-state index in [4.69, 9.17) is 14.2 Å². The molecule has 1 aromatic carbocycles. The molecule has 1 aromatic rings. The topological polar surface area (TPSA) is 77.4 Å². The first-order valence-corrected chi connectivity index (χ1v) is 11.4. The summed E-state index contributed by atoms with van der Waals surface area (Å²) in [7, 11) is 0. The van der Waals surface area contributed by atoms with Crippen LogP contribution in [-0.2, 0) is 14.3 Å². The van der Waals surface area contributed by atoms with Crippen molar-refractivity contribution in [2.45, 2.75) is 39.7 Å². The van der Waals surface area contributed by atoms with Gasteiger partial charge in [-0.2, -0.15) is 0 Å². The predicted octanol–water partition coefficient (Wildman–Crippen LogP) is 4.25. The van der Waals surface area contributed by atoms with Crippen LogP contribution in [0.5, 0.6) is 11.5 Å². The standard InChI is InChI=1S/C23H28N2O5S/c1-5-11-29-17-9-8-16(14-18(17)28-7-3)21-20(22(27)30-12-6-2)15(4)24-23-25(21)19(26)10-13-31-23/h6,8-9,14,21H,2,5,7,10-13H2,1,3-4H3/t21-/m1/s1. The fraction of sp³-hybridized carbons (Fsp3) is 0.435. The van der Waals surface area contributed by atoms with E-state index in [-0.39, 0.29) is 12.5 Å². The Bertz CT molecular complexity index is 925. The summed E-state index contributed by atoms with van der Waals surface area (Å²) in [5.74, 6) is 1.28. The van der Waals surface area contributed by atoms with Gasteiger partial charge in [0.05, 0.1) is 30.5 Å². The van der Waals surface area contributed by atoms with Crippen molar-refractivity contribution < 1.29 is 23.8 Å². The van der Waals surface area contributed by atoms with Crippen molar-refractivity contribution in [1.82, 2.24) is 4.90 Å². The molecule has 0 bridgehead atoms. The van der Waals surface area contributed by atoms with Gasteiger partial charge in [0.2, 0.25) is 5.91 Å². The van der Waals surface area contributed by atoms with Crippen molar-refractivity contribution in [3.8, 4) is 11.5 Å². The molecule has 166 valence electrons. The molecule has 0 radical (unpaired) electrons. The van der Waals surface area contributed by atoms with Gasteiger partial charge < -0.3 is 14.2 Å². The Morgan fingerprint density at radius 1 is 1.32 bits per heavy atom. The number of hydrogen-bond donors (Lipinski definition) is 0. The third-order valence-corrected chi connectivity index (χ3v) is 5.76. The van der Waals surface area contributed by atoms with Gasteiger partial charge in [0.25, 0.3) is 0 Å². The van der Waals surface area contributed by atoms with Gasteiger partial charge in [0, 0.05) is 12.2 Å². The van der Waals surface area contributed by atoms with Crippen LogP contribution in [0.1, 0.15) is 45.2 Å². The second-order valence-corrected chi connectivity index (χ2v) is 8.10. The Kier molecular flexibility index (Phi) is 7.79. The number of carbonyl (C=O) groups excluding carboxylic acids is 2. The Morgan fingerprint density at radius 2 is 2.13 bits per heavy atom. The van der Waals surface area contributed by atoms with Gasteiger partial charge in [0.15, 0.2) is 16.7 Å². The summed E-state index contributed by atoms with van der Waals surface area (Å²) in [5, 5.41) is 0.600. The average Bonchev–Trinajstić information content (AvgIpc) is 2.76. The molecular formula is C23H28N2O5S. The second kappa shape index (κ2) is 10.5. The van der Waals surface area contributed by atoms with E-state index < -0.39 is 12.0 Å². The molecule has 0 saturated carbocycles. The Hall–Kier alpha value is -2.74. The molecule has 1 atom stereocenters. The minimum Gasteiger partial charge on any atom is -0.490 e. The van der Waals surface area contributed by atoms with Crippen LogP contribution in [0.4, 0.5) is 0 Å². The minimum absolute atomic E-state index is 0.0757. The van der Waals surface area contributed by atoms with Crippen molar-refractivity contribution in [1.29, 1.82) is 0 Å². The zero-order valence-electron chi connectivity index (χ0n) is 18.2. The van der Waals surface area contributed by atoms with Gasteiger partial charge in [-0.15, -0.1) is 0 Å². The van der Waals surface area contributed by atoms with Crippen LogP contribution in [0.3, 0.4) is 0 Å². The van der Waals surface area contributed by atoms with E-state index in [0.29, 0.717) is 53.3 Å². The maximum atomic E-state index is 13.0. The molecule has 8 heteroatoms. The van der Waals surface area contributed by atoms with E-state index in [9.17, 15) is 9.59 Å². The molecule has 2 heterocycles. The van der Waals surface area contributed by atoms with E-state index in [0.717, 1.165) is 12.0 Å². The Balaban J connectivity index is 2.10. The van der Waals surface area contributed by atoms with Gasteiger partial charge in [-0.3, -0.25) is 9.69 Å². The number of amides is 1. The number of carbonyl (C=O) groups is 2. The molecule has 0 aromatic heterocycles. The van der Waals surface area contributed by atoms with E-state index >= 15 is 0 Å². The number of thioether (sulfide) groups is 1. The lowest BCUT2D eigenvalue weighted by atomic mass is 9.93. The number of nitrogens with zero attached hydrogens (tertiary/aromatic N) is 2. The number of allylic oxidation sites excluding steroid dienone is 1. The lowest BCUT2D eigenvalue weighted by Gasteiger charge is -2.39. The normalized spacial score (nSPS) is 18.3. The predicted molar refractivity (Wildman–Crippen MR) is 121 cm³/mol. The van der Waals surface area contributed by atoms with Crippen molar-refractivity contribution in [3.05, 3.63) is 47.7 Å². The lowest BCUT2D eigenvalue weighted by molar-refractivity contribution is -0.139. The van der Waals surface area contributed by atoms with Gasteiger partial charge in [-0.25, -0.2) is 9.79 Å². The third kappa shape index (κ3) is 4.95. The molecule has 0 spiro atoms. The fourth-order valence-electron chi connectivity index (χ4n) is 3.48. The first-order valence-electron chi connectivity index (χ1n) is 10.4. The molecule has 0 aliphatic carbocycles. The quantitative estimate of drug-likeness (QED) is 0.419. The molecule has 7 nitrogen and oxygen atoms in total. The molecule has 0 N–H and O–H groups in total. The summed E-state index contributed by atoms with van der Waals surface area (Å²) in [5.41, 5.74) is 1.61. The first kappa shape index (κ1) is 22.9. The van der Waals surface area contributed by atoms with Gasteiger partial charge in [0.1, 0.15) is 6.61 Å².